The summed E-state index contributed by atoms with van der Waals surface area (Å²) in [5.74, 6) is 0.235. The van der Waals surface area contributed by atoms with Crippen LogP contribution in [0.5, 0.6) is 23.0 Å². The van der Waals surface area contributed by atoms with Gasteiger partial charge in [0.05, 0.1) is 51.0 Å². The molecule has 0 unspecified atom stereocenters. The first-order valence-electron chi connectivity index (χ1n) is 16.2. The predicted octanol–water partition coefficient (Wildman–Crippen LogP) is 4.84. The molecule has 0 saturated heterocycles. The minimum Gasteiger partial charge on any atom is -0.550 e. The fourth-order valence-corrected chi connectivity index (χ4v) is 5.39. The van der Waals surface area contributed by atoms with Gasteiger partial charge in [0.25, 0.3) is 0 Å². The SMILES string of the molecule is CCOc1ccc(C(C)C)cc1-c1cc(OC)c(OC)cc1CN(Cc1cc(C(F)(F)F)cc(C(F)(F)F)c1)c1ncc(OCCCC(=O)[O-])cn1.[Na+]. The number of carboxylic acid groups (broad SMARTS) is 1. The van der Waals surface area contributed by atoms with E-state index >= 15 is 0 Å². The van der Waals surface area contributed by atoms with Gasteiger partial charge in [0.15, 0.2) is 17.2 Å². The summed E-state index contributed by atoms with van der Waals surface area (Å²) in [5.41, 5.74) is -0.432. The van der Waals surface area contributed by atoms with Crippen LogP contribution in [0.2, 0.25) is 0 Å². The molecule has 0 amide bonds. The monoisotopic (exact) mass is 757 g/mol. The molecule has 0 bridgehead atoms. The minimum atomic E-state index is -5.05. The number of alkyl halides is 6. The molecule has 0 atom stereocenters. The van der Waals surface area contributed by atoms with Crippen LogP contribution < -0.4 is 58.5 Å². The molecule has 3 aromatic carbocycles. The van der Waals surface area contributed by atoms with Gasteiger partial charge in [-0.05, 0) is 90.4 Å². The van der Waals surface area contributed by atoms with E-state index in [0.717, 1.165) is 5.56 Å². The van der Waals surface area contributed by atoms with Crippen molar-refractivity contribution in [2.75, 3.05) is 32.3 Å². The number of aromatic nitrogens is 2. The number of nitrogens with zero attached hydrogens (tertiary/aromatic N) is 3. The molecular formula is C37H38F6N3NaO6. The number of hydrogen-bond acceptors (Lipinski definition) is 9. The number of benzene rings is 3. The van der Waals surface area contributed by atoms with Gasteiger partial charge in [-0.3, -0.25) is 0 Å². The first-order chi connectivity index (χ1) is 24.5. The van der Waals surface area contributed by atoms with E-state index in [9.17, 15) is 36.2 Å². The molecular weight excluding hydrogens is 719 g/mol. The fourth-order valence-electron chi connectivity index (χ4n) is 5.39. The Balaban J connectivity index is 0.00000756. The molecule has 9 nitrogen and oxygen atoms in total. The molecule has 0 N–H and O–H groups in total. The fraction of sp³-hybridized carbons (Fsp3) is 0.378. The molecule has 280 valence electrons. The Morgan fingerprint density at radius 1 is 0.811 bits per heavy atom. The average molecular weight is 758 g/mol. The largest absolute Gasteiger partial charge is 1.00 e. The standard InChI is InChI=1S/C37H39F6N3O6.Na/c1-6-51-31-10-9-24(22(2)3)14-30(31)29-17-33(50-5)32(49-4)15-25(29)21-46(35-44-18-28(19-45-35)52-11-7-8-34(47)48)20-23-12-26(36(38,39)40)16-27(13-23)37(41,42)43;/h9-10,12-19,22H,6-8,11,20-21H2,1-5H3,(H,47,48);/q;+1/p-1. The van der Waals surface area contributed by atoms with Crippen molar-refractivity contribution in [2.24, 2.45) is 0 Å². The Labute approximate surface area is 325 Å². The first-order valence-corrected chi connectivity index (χ1v) is 16.2. The summed E-state index contributed by atoms with van der Waals surface area (Å²) >= 11 is 0. The van der Waals surface area contributed by atoms with E-state index in [4.69, 9.17) is 18.9 Å². The molecule has 0 spiro atoms. The van der Waals surface area contributed by atoms with Crippen LogP contribution in [-0.4, -0.2) is 43.4 Å². The third-order valence-corrected chi connectivity index (χ3v) is 7.94. The van der Waals surface area contributed by atoms with Crippen molar-refractivity contribution in [2.45, 2.75) is 65.0 Å². The van der Waals surface area contributed by atoms with Crippen molar-refractivity contribution in [3.05, 3.63) is 88.7 Å². The van der Waals surface area contributed by atoms with E-state index in [2.05, 4.69) is 9.97 Å². The zero-order chi connectivity index (χ0) is 38.2. The molecule has 0 aliphatic carbocycles. The van der Waals surface area contributed by atoms with Crippen molar-refractivity contribution in [3.63, 3.8) is 0 Å². The number of carbonyl (C=O) groups is 1. The Bertz CT molecular complexity index is 1810. The average Bonchev–Trinajstić information content (AvgIpc) is 3.09. The van der Waals surface area contributed by atoms with Gasteiger partial charge in [0.1, 0.15) is 5.75 Å². The molecule has 0 radical (unpaired) electrons. The van der Waals surface area contributed by atoms with E-state index < -0.39 is 36.0 Å². The number of anilines is 1. The van der Waals surface area contributed by atoms with Gasteiger partial charge in [-0.2, -0.15) is 26.3 Å². The van der Waals surface area contributed by atoms with Crippen molar-refractivity contribution in [1.82, 2.24) is 9.97 Å². The molecule has 4 rings (SSSR count). The van der Waals surface area contributed by atoms with E-state index in [1.54, 1.807) is 12.1 Å². The molecule has 4 aromatic rings. The molecule has 1 aromatic heterocycles. The van der Waals surface area contributed by atoms with Gasteiger partial charge < -0.3 is 33.7 Å². The minimum absolute atomic E-state index is 0. The summed E-state index contributed by atoms with van der Waals surface area (Å²) in [4.78, 5) is 20.8. The Kier molecular flexibility index (Phi) is 15.2. The van der Waals surface area contributed by atoms with Crippen molar-refractivity contribution >= 4 is 11.9 Å². The van der Waals surface area contributed by atoms with Crippen LogP contribution in [0.1, 0.15) is 67.3 Å². The summed E-state index contributed by atoms with van der Waals surface area (Å²) in [5, 5.41) is 10.7. The topological polar surface area (TPSA) is 106 Å². The quantitative estimate of drug-likeness (QED) is 0.0903. The van der Waals surface area contributed by atoms with Gasteiger partial charge in [-0.15, -0.1) is 0 Å². The first kappa shape index (κ1) is 43.2. The van der Waals surface area contributed by atoms with Crippen molar-refractivity contribution in [1.29, 1.82) is 0 Å². The van der Waals surface area contributed by atoms with Crippen LogP contribution in [0.4, 0.5) is 32.3 Å². The maximum Gasteiger partial charge on any atom is 1.00 e. The number of methoxy groups -OCH3 is 2. The van der Waals surface area contributed by atoms with Gasteiger partial charge >= 0.3 is 41.9 Å². The number of carboxylic acids is 1. The molecule has 0 saturated carbocycles. The van der Waals surface area contributed by atoms with Crippen LogP contribution in [0.25, 0.3) is 11.1 Å². The van der Waals surface area contributed by atoms with E-state index in [0.29, 0.717) is 52.7 Å². The van der Waals surface area contributed by atoms with E-state index in [-0.39, 0.29) is 84.8 Å². The van der Waals surface area contributed by atoms with Gasteiger partial charge in [-0.25, -0.2) is 9.97 Å². The van der Waals surface area contributed by atoms with Crippen LogP contribution in [-0.2, 0) is 30.2 Å². The van der Waals surface area contributed by atoms with Crippen LogP contribution >= 0.6 is 0 Å². The number of rotatable bonds is 16. The molecule has 16 heteroatoms. The van der Waals surface area contributed by atoms with E-state index in [1.165, 1.54) is 31.5 Å². The summed E-state index contributed by atoms with van der Waals surface area (Å²) in [6.45, 7) is 5.63. The summed E-state index contributed by atoms with van der Waals surface area (Å²) < 4.78 is 106. The number of ether oxygens (including phenoxy) is 4. The third kappa shape index (κ3) is 11.6. The van der Waals surface area contributed by atoms with E-state index in [1.807, 2.05) is 39.0 Å². The van der Waals surface area contributed by atoms with Crippen LogP contribution in [0, 0.1) is 0 Å². The van der Waals surface area contributed by atoms with Crippen LogP contribution in [0.15, 0.2) is 60.9 Å². The second-order valence-corrected chi connectivity index (χ2v) is 12.0. The van der Waals surface area contributed by atoms with Crippen molar-refractivity contribution in [3.8, 4) is 34.1 Å². The van der Waals surface area contributed by atoms with Gasteiger partial charge in [0, 0.05) is 24.6 Å². The molecule has 0 aliphatic heterocycles. The number of carbonyl (C=O) groups excluding carboxylic acids is 1. The second-order valence-electron chi connectivity index (χ2n) is 12.0. The number of halogens is 6. The Morgan fingerprint density at radius 2 is 1.42 bits per heavy atom. The molecule has 53 heavy (non-hydrogen) atoms. The predicted molar refractivity (Wildman–Crippen MR) is 178 cm³/mol. The summed E-state index contributed by atoms with van der Waals surface area (Å²) in [7, 11) is 2.89. The normalized spacial score (nSPS) is 11.5. The maximum absolute atomic E-state index is 13.9. The van der Waals surface area contributed by atoms with Crippen molar-refractivity contribution < 1.29 is 84.7 Å². The molecule has 0 aliphatic rings. The zero-order valence-corrected chi connectivity index (χ0v) is 32.2. The van der Waals surface area contributed by atoms with Crippen LogP contribution in [0.3, 0.4) is 0 Å². The molecule has 0 fully saturated rings. The third-order valence-electron chi connectivity index (χ3n) is 7.94. The molecule has 1 heterocycles. The maximum atomic E-state index is 13.9. The Morgan fingerprint density at radius 3 is 1.94 bits per heavy atom. The number of aliphatic carboxylic acids is 1. The second kappa shape index (κ2) is 18.7. The summed E-state index contributed by atoms with van der Waals surface area (Å²) in [6, 6.07) is 10.5. The Hall–Kier alpha value is -4.21. The zero-order valence-electron chi connectivity index (χ0n) is 30.2. The number of hydrogen-bond donors (Lipinski definition) is 0. The smallest absolute Gasteiger partial charge is 0.550 e. The summed E-state index contributed by atoms with van der Waals surface area (Å²) in [6.07, 6.45) is -7.65. The van der Waals surface area contributed by atoms with Gasteiger partial charge in [-0.1, -0.05) is 19.9 Å². The van der Waals surface area contributed by atoms with Gasteiger partial charge in [0.2, 0.25) is 5.95 Å².